The van der Waals surface area contributed by atoms with Crippen molar-refractivity contribution in [2.75, 3.05) is 20.6 Å². The maximum absolute atomic E-state index is 15.5. The minimum absolute atomic E-state index is 0.0901. The van der Waals surface area contributed by atoms with Crippen molar-refractivity contribution in [2.24, 2.45) is 0 Å². The van der Waals surface area contributed by atoms with Crippen molar-refractivity contribution in [1.82, 2.24) is 29.4 Å². The molecule has 0 spiro atoms. The van der Waals surface area contributed by atoms with Crippen molar-refractivity contribution in [3.8, 4) is 0 Å². The molecule has 1 atom stereocenters. The third-order valence-corrected chi connectivity index (χ3v) is 6.30. The van der Waals surface area contributed by atoms with Crippen LogP contribution in [0.15, 0.2) is 59.5 Å². The van der Waals surface area contributed by atoms with Crippen molar-refractivity contribution in [3.63, 3.8) is 0 Å². The molecule has 0 saturated heterocycles. The number of hydrogen-bond donors (Lipinski definition) is 1. The van der Waals surface area contributed by atoms with Crippen LogP contribution in [0.5, 0.6) is 0 Å². The van der Waals surface area contributed by atoms with Gasteiger partial charge in [0.2, 0.25) is 0 Å². The van der Waals surface area contributed by atoms with Crippen molar-refractivity contribution in [3.05, 3.63) is 89.2 Å². The number of fused-ring (bicyclic) bond motifs is 3. The molecule has 172 valence electrons. The van der Waals surface area contributed by atoms with Crippen molar-refractivity contribution < 1.29 is 13.6 Å². The highest BCUT2D eigenvalue weighted by molar-refractivity contribution is 6.01. The Bertz CT molecular complexity index is 1530. The van der Waals surface area contributed by atoms with Crippen molar-refractivity contribution >= 4 is 22.4 Å². The summed E-state index contributed by atoms with van der Waals surface area (Å²) in [6, 6.07) is 10.1. The Morgan fingerprint density at radius 3 is 2.94 bits per heavy atom. The number of pyridine rings is 1. The van der Waals surface area contributed by atoms with E-state index in [4.69, 9.17) is 4.42 Å². The minimum Gasteiger partial charge on any atom is -0.455 e. The fourth-order valence-electron chi connectivity index (χ4n) is 4.77. The van der Waals surface area contributed by atoms with Crippen LogP contribution in [-0.2, 0) is 13.0 Å². The lowest BCUT2D eigenvalue weighted by atomic mass is 9.98. The normalized spacial score (nSPS) is 16.0. The van der Waals surface area contributed by atoms with E-state index < -0.39 is 11.9 Å². The highest BCUT2D eigenvalue weighted by atomic mass is 19.1. The molecule has 0 bridgehead atoms. The van der Waals surface area contributed by atoms with Crippen LogP contribution in [0.2, 0.25) is 0 Å². The molecule has 34 heavy (non-hydrogen) atoms. The first-order chi connectivity index (χ1) is 16.5. The summed E-state index contributed by atoms with van der Waals surface area (Å²) in [6.07, 6.45) is 5.66. The summed E-state index contributed by atoms with van der Waals surface area (Å²) in [6.45, 7) is 1.16. The van der Waals surface area contributed by atoms with Gasteiger partial charge in [-0.05, 0) is 37.9 Å². The largest absolute Gasteiger partial charge is 0.455 e. The molecule has 6 rings (SSSR count). The summed E-state index contributed by atoms with van der Waals surface area (Å²) in [4.78, 5) is 25.1. The van der Waals surface area contributed by atoms with E-state index in [0.29, 0.717) is 40.7 Å². The summed E-state index contributed by atoms with van der Waals surface area (Å²) in [5.41, 5.74) is 4.15. The predicted molar refractivity (Wildman–Crippen MR) is 124 cm³/mol. The molecule has 5 aromatic rings. The highest BCUT2D eigenvalue weighted by Gasteiger charge is 2.39. The van der Waals surface area contributed by atoms with E-state index in [0.717, 1.165) is 17.8 Å². The van der Waals surface area contributed by atoms with E-state index in [1.54, 1.807) is 46.2 Å². The number of rotatable bonds is 4. The quantitative estimate of drug-likeness (QED) is 0.443. The molecular formula is C25H23FN6O2. The lowest BCUT2D eigenvalue weighted by molar-refractivity contribution is 0.0670. The van der Waals surface area contributed by atoms with Crippen LogP contribution in [0.4, 0.5) is 4.39 Å². The fourth-order valence-corrected chi connectivity index (χ4v) is 4.77. The summed E-state index contributed by atoms with van der Waals surface area (Å²) >= 11 is 0. The minimum atomic E-state index is -0.780. The van der Waals surface area contributed by atoms with Gasteiger partial charge in [-0.1, -0.05) is 18.2 Å². The summed E-state index contributed by atoms with van der Waals surface area (Å²) in [5, 5.41) is 4.80. The number of halogens is 1. The van der Waals surface area contributed by atoms with Gasteiger partial charge >= 0.3 is 0 Å². The van der Waals surface area contributed by atoms with E-state index in [-0.39, 0.29) is 11.7 Å². The van der Waals surface area contributed by atoms with E-state index in [9.17, 15) is 4.79 Å². The first-order valence-corrected chi connectivity index (χ1v) is 11.1. The maximum Gasteiger partial charge on any atom is 0.258 e. The zero-order valence-electron chi connectivity index (χ0n) is 18.8. The molecule has 0 fully saturated rings. The van der Waals surface area contributed by atoms with Gasteiger partial charge in [-0.2, -0.15) is 5.10 Å². The summed E-state index contributed by atoms with van der Waals surface area (Å²) < 4.78 is 23.2. The number of amides is 1. The fraction of sp³-hybridized carbons (Fsp3) is 0.240. The molecule has 9 heteroatoms. The third-order valence-electron chi connectivity index (χ3n) is 6.30. The van der Waals surface area contributed by atoms with Crippen LogP contribution in [0.3, 0.4) is 0 Å². The molecular weight excluding hydrogens is 435 g/mol. The van der Waals surface area contributed by atoms with Gasteiger partial charge in [0.1, 0.15) is 11.6 Å². The van der Waals surface area contributed by atoms with Gasteiger partial charge in [0.15, 0.2) is 11.6 Å². The first-order valence-electron chi connectivity index (χ1n) is 11.1. The highest BCUT2D eigenvalue weighted by Crippen LogP contribution is 2.39. The number of nitrogens with zero attached hydrogens (tertiary/aromatic N) is 5. The molecule has 1 aliphatic heterocycles. The van der Waals surface area contributed by atoms with Gasteiger partial charge in [0.25, 0.3) is 5.91 Å². The second-order valence-corrected chi connectivity index (χ2v) is 8.86. The maximum atomic E-state index is 15.5. The van der Waals surface area contributed by atoms with Crippen LogP contribution in [0, 0.1) is 5.82 Å². The lowest BCUT2D eigenvalue weighted by Crippen LogP contribution is -2.41. The molecule has 8 nitrogen and oxygen atoms in total. The standard InChI is InChI=1S/C25H23FN6O2/c1-30(2)12-15-7-8-19-17(11-29-32(19)13-15)25(33)31-10-9-18-22(28-14-27-18)23(31)24-21(26)16-5-3-4-6-20(16)34-24/h3-8,11,13-14,23H,9-10,12H2,1-2H3,(H,27,28)/t23-/m0/s1. The van der Waals surface area contributed by atoms with Gasteiger partial charge in [-0.3, -0.25) is 4.79 Å². The van der Waals surface area contributed by atoms with Crippen LogP contribution < -0.4 is 0 Å². The smallest absolute Gasteiger partial charge is 0.258 e. The monoisotopic (exact) mass is 458 g/mol. The lowest BCUT2D eigenvalue weighted by Gasteiger charge is -2.33. The number of nitrogens with one attached hydrogen (secondary N) is 1. The number of benzene rings is 1. The predicted octanol–water partition coefficient (Wildman–Crippen LogP) is 3.79. The second-order valence-electron chi connectivity index (χ2n) is 8.86. The van der Waals surface area contributed by atoms with E-state index >= 15 is 4.39 Å². The zero-order valence-corrected chi connectivity index (χ0v) is 18.8. The number of carbonyl (C=O) groups excluding carboxylic acids is 1. The summed E-state index contributed by atoms with van der Waals surface area (Å²) in [5.74, 6) is -0.622. The Kier molecular flexibility index (Phi) is 4.73. The number of furan rings is 1. The molecule has 5 heterocycles. The van der Waals surface area contributed by atoms with Crippen LogP contribution in [0.1, 0.15) is 39.1 Å². The van der Waals surface area contributed by atoms with Gasteiger partial charge in [0, 0.05) is 31.4 Å². The van der Waals surface area contributed by atoms with Gasteiger partial charge in [-0.25, -0.2) is 13.9 Å². The number of H-pyrrole nitrogens is 1. The third kappa shape index (κ3) is 3.19. The number of hydrogen-bond acceptors (Lipinski definition) is 5. The Morgan fingerprint density at radius 2 is 2.12 bits per heavy atom. The van der Waals surface area contributed by atoms with Crippen LogP contribution in [-0.4, -0.2) is 55.9 Å². The Balaban J connectivity index is 1.44. The molecule has 1 amide bonds. The molecule has 4 aromatic heterocycles. The molecule has 0 aliphatic carbocycles. The first kappa shape index (κ1) is 20.6. The van der Waals surface area contributed by atoms with E-state index in [2.05, 4.69) is 20.0 Å². The SMILES string of the molecule is CN(C)Cc1ccc2c(C(=O)N3CCc4[nH]cnc4[C@H]3c3oc4ccccc4c3F)cnn2c1. The molecule has 0 saturated carbocycles. The average Bonchev–Trinajstić information content (AvgIpc) is 3.55. The van der Waals surface area contributed by atoms with E-state index in [1.807, 2.05) is 32.4 Å². The Morgan fingerprint density at radius 1 is 1.26 bits per heavy atom. The molecule has 1 aromatic carbocycles. The number of para-hydroxylation sites is 1. The van der Waals surface area contributed by atoms with Crippen LogP contribution in [0.25, 0.3) is 16.5 Å². The Labute approximate surface area is 194 Å². The van der Waals surface area contributed by atoms with Crippen molar-refractivity contribution in [1.29, 1.82) is 0 Å². The average molecular weight is 458 g/mol. The van der Waals surface area contributed by atoms with Gasteiger partial charge < -0.3 is 19.2 Å². The molecule has 1 aliphatic rings. The number of aromatic amines is 1. The van der Waals surface area contributed by atoms with Gasteiger partial charge in [0.05, 0.1) is 34.7 Å². The molecule has 0 unspecified atom stereocenters. The van der Waals surface area contributed by atoms with Crippen LogP contribution >= 0.6 is 0 Å². The zero-order chi connectivity index (χ0) is 23.4. The van der Waals surface area contributed by atoms with Gasteiger partial charge in [-0.15, -0.1) is 0 Å². The Hall–Kier alpha value is -3.98. The topological polar surface area (TPSA) is 82.7 Å². The van der Waals surface area contributed by atoms with Crippen molar-refractivity contribution in [2.45, 2.75) is 19.0 Å². The number of imidazole rings is 1. The number of aromatic nitrogens is 4. The van der Waals surface area contributed by atoms with E-state index in [1.165, 1.54) is 0 Å². The number of carbonyl (C=O) groups is 1. The second kappa shape index (κ2) is 7.81. The summed E-state index contributed by atoms with van der Waals surface area (Å²) in [7, 11) is 4.00. The molecule has 0 radical (unpaired) electrons. The molecule has 1 N–H and O–H groups in total.